The number of hydrogen-bond donors (Lipinski definition) is 0. The van der Waals surface area contributed by atoms with E-state index in [9.17, 15) is 18.0 Å². The van der Waals surface area contributed by atoms with Gasteiger partial charge >= 0.3 is 12.1 Å². The minimum Gasteiger partial charge on any atom is -0.465 e. The molecule has 1 aromatic rings. The van der Waals surface area contributed by atoms with Crippen LogP contribution in [0, 0.1) is 11.3 Å². The zero-order valence-electron chi connectivity index (χ0n) is 8.43. The highest BCUT2D eigenvalue weighted by atomic mass is 35.5. The third-order valence-corrected chi connectivity index (χ3v) is 2.25. The monoisotopic (exact) mass is 263 g/mol. The Kier molecular flexibility index (Phi) is 3.63. The third-order valence-electron chi connectivity index (χ3n) is 1.94. The number of nitriles is 1. The quantitative estimate of drug-likeness (QED) is 0.732. The van der Waals surface area contributed by atoms with Crippen molar-refractivity contribution in [2.24, 2.45) is 0 Å². The predicted octanol–water partition coefficient (Wildman–Crippen LogP) is 3.02. The molecule has 0 aromatic heterocycles. The number of esters is 1. The lowest BCUT2D eigenvalue weighted by atomic mass is 10.0. The molecular weight excluding hydrogens is 259 g/mol. The van der Waals surface area contributed by atoms with Crippen molar-refractivity contribution in [2.75, 3.05) is 7.11 Å². The molecule has 90 valence electrons. The van der Waals surface area contributed by atoms with E-state index in [4.69, 9.17) is 16.9 Å². The molecule has 3 nitrogen and oxygen atoms in total. The zero-order valence-corrected chi connectivity index (χ0v) is 9.19. The number of halogens is 4. The molecule has 0 unspecified atom stereocenters. The van der Waals surface area contributed by atoms with Crippen LogP contribution in [0.25, 0.3) is 0 Å². The third kappa shape index (κ3) is 2.68. The maximum atomic E-state index is 12.6. The van der Waals surface area contributed by atoms with E-state index < -0.39 is 23.3 Å². The highest BCUT2D eigenvalue weighted by Crippen LogP contribution is 2.35. The van der Waals surface area contributed by atoms with Crippen LogP contribution in [0.1, 0.15) is 21.5 Å². The summed E-state index contributed by atoms with van der Waals surface area (Å²) in [5.41, 5.74) is -2.19. The van der Waals surface area contributed by atoms with E-state index in [-0.39, 0.29) is 10.6 Å². The van der Waals surface area contributed by atoms with Gasteiger partial charge in [-0.2, -0.15) is 18.4 Å². The minimum atomic E-state index is -4.75. The molecule has 0 atom stereocenters. The number of benzene rings is 1. The molecule has 0 saturated carbocycles. The molecule has 0 aliphatic rings. The number of nitrogens with zero attached hydrogens (tertiary/aromatic N) is 1. The molecule has 0 aliphatic carbocycles. The largest absolute Gasteiger partial charge is 0.465 e. The van der Waals surface area contributed by atoms with Gasteiger partial charge in [-0.1, -0.05) is 11.6 Å². The molecule has 0 bridgehead atoms. The van der Waals surface area contributed by atoms with Gasteiger partial charge in [-0.25, -0.2) is 4.79 Å². The highest BCUT2D eigenvalue weighted by Gasteiger charge is 2.36. The molecule has 1 rings (SSSR count). The second-order valence-electron chi connectivity index (χ2n) is 2.98. The summed E-state index contributed by atoms with van der Waals surface area (Å²) in [7, 11) is 0.948. The standard InChI is InChI=1S/C10H5ClF3NO2/c1-17-9(16)6-2-5(4-15)8(11)3-7(6)10(12,13)14/h2-3H,1H3. The van der Waals surface area contributed by atoms with Gasteiger partial charge in [0.2, 0.25) is 0 Å². The molecule has 17 heavy (non-hydrogen) atoms. The predicted molar refractivity (Wildman–Crippen MR) is 52.5 cm³/mol. The topological polar surface area (TPSA) is 50.1 Å². The number of alkyl halides is 3. The Morgan fingerprint density at radius 1 is 1.47 bits per heavy atom. The summed E-state index contributed by atoms with van der Waals surface area (Å²) in [5, 5.41) is 8.26. The number of ether oxygens (including phenoxy) is 1. The Morgan fingerprint density at radius 2 is 2.06 bits per heavy atom. The van der Waals surface area contributed by atoms with Crippen molar-refractivity contribution in [3.05, 3.63) is 33.8 Å². The Bertz CT molecular complexity index is 505. The van der Waals surface area contributed by atoms with Crippen molar-refractivity contribution in [1.82, 2.24) is 0 Å². The van der Waals surface area contributed by atoms with Crippen LogP contribution in [-0.4, -0.2) is 13.1 Å². The zero-order chi connectivity index (χ0) is 13.2. The summed E-state index contributed by atoms with van der Waals surface area (Å²) in [6, 6.07) is 2.88. The highest BCUT2D eigenvalue weighted by molar-refractivity contribution is 6.32. The van der Waals surface area contributed by atoms with Crippen LogP contribution in [0.15, 0.2) is 12.1 Å². The molecule has 0 saturated heterocycles. The van der Waals surface area contributed by atoms with Gasteiger partial charge in [0, 0.05) is 0 Å². The Hall–Kier alpha value is -1.74. The lowest BCUT2D eigenvalue weighted by Crippen LogP contribution is -2.14. The summed E-state index contributed by atoms with van der Waals surface area (Å²) in [6.45, 7) is 0. The first-order valence-electron chi connectivity index (χ1n) is 4.20. The summed E-state index contributed by atoms with van der Waals surface area (Å²) < 4.78 is 42.1. The summed E-state index contributed by atoms with van der Waals surface area (Å²) >= 11 is 5.48. The fourth-order valence-corrected chi connectivity index (χ4v) is 1.38. The lowest BCUT2D eigenvalue weighted by Gasteiger charge is -2.12. The number of methoxy groups -OCH3 is 1. The average Bonchev–Trinajstić information content (AvgIpc) is 2.26. The Balaban J connectivity index is 3.54. The van der Waals surface area contributed by atoms with Gasteiger partial charge < -0.3 is 4.74 Å². The maximum absolute atomic E-state index is 12.6. The second-order valence-corrected chi connectivity index (χ2v) is 3.39. The molecule has 1 aromatic carbocycles. The van der Waals surface area contributed by atoms with Gasteiger partial charge in [0.25, 0.3) is 0 Å². The van der Waals surface area contributed by atoms with E-state index >= 15 is 0 Å². The van der Waals surface area contributed by atoms with Gasteiger partial charge in [0.1, 0.15) is 6.07 Å². The van der Waals surface area contributed by atoms with Gasteiger partial charge in [-0.3, -0.25) is 0 Å². The smallest absolute Gasteiger partial charge is 0.417 e. The molecule has 0 N–H and O–H groups in total. The van der Waals surface area contributed by atoms with E-state index in [1.54, 1.807) is 6.07 Å². The first-order valence-corrected chi connectivity index (χ1v) is 4.58. The van der Waals surface area contributed by atoms with E-state index in [1.807, 2.05) is 0 Å². The minimum absolute atomic E-state index is 0.222. The SMILES string of the molecule is COC(=O)c1cc(C#N)c(Cl)cc1C(F)(F)F. The van der Waals surface area contributed by atoms with Crippen molar-refractivity contribution in [2.45, 2.75) is 6.18 Å². The Labute approximate surface area is 99.4 Å². The average molecular weight is 264 g/mol. The van der Waals surface area contributed by atoms with Gasteiger partial charge in [0.05, 0.1) is 28.8 Å². The van der Waals surface area contributed by atoms with Crippen LogP contribution in [0.2, 0.25) is 5.02 Å². The van der Waals surface area contributed by atoms with Crippen molar-refractivity contribution < 1.29 is 22.7 Å². The second kappa shape index (κ2) is 4.63. The van der Waals surface area contributed by atoms with Gasteiger partial charge in [0.15, 0.2) is 0 Å². The molecule has 0 fully saturated rings. The van der Waals surface area contributed by atoms with Crippen LogP contribution in [0.5, 0.6) is 0 Å². The summed E-state index contributed by atoms with van der Waals surface area (Å²) in [5.74, 6) is -1.18. The van der Waals surface area contributed by atoms with Gasteiger partial charge in [-0.15, -0.1) is 0 Å². The van der Waals surface area contributed by atoms with Gasteiger partial charge in [-0.05, 0) is 12.1 Å². The van der Waals surface area contributed by atoms with Crippen LogP contribution >= 0.6 is 11.6 Å². The summed E-state index contributed by atoms with van der Waals surface area (Å²) in [4.78, 5) is 11.2. The number of hydrogen-bond acceptors (Lipinski definition) is 3. The van der Waals surface area contributed by atoms with Crippen molar-refractivity contribution in [3.63, 3.8) is 0 Å². The number of carbonyl (C=O) groups excluding carboxylic acids is 1. The van der Waals surface area contributed by atoms with E-state index in [2.05, 4.69) is 4.74 Å². The Morgan fingerprint density at radius 3 is 2.47 bits per heavy atom. The van der Waals surface area contributed by atoms with Crippen LogP contribution in [-0.2, 0) is 10.9 Å². The fourth-order valence-electron chi connectivity index (χ4n) is 1.17. The van der Waals surface area contributed by atoms with Crippen LogP contribution in [0.4, 0.5) is 13.2 Å². The van der Waals surface area contributed by atoms with Crippen LogP contribution in [0.3, 0.4) is 0 Å². The van der Waals surface area contributed by atoms with Crippen molar-refractivity contribution in [1.29, 1.82) is 5.26 Å². The molecule has 0 spiro atoms. The fraction of sp³-hybridized carbons (Fsp3) is 0.200. The molecule has 7 heteroatoms. The molecule has 0 amide bonds. The molecule has 0 heterocycles. The van der Waals surface area contributed by atoms with E-state index in [0.717, 1.165) is 13.2 Å². The van der Waals surface area contributed by atoms with E-state index in [0.29, 0.717) is 6.07 Å². The normalized spacial score (nSPS) is 10.8. The molecule has 0 aliphatic heterocycles. The number of carbonyl (C=O) groups is 1. The van der Waals surface area contributed by atoms with Crippen molar-refractivity contribution in [3.8, 4) is 6.07 Å². The summed E-state index contributed by atoms with van der Waals surface area (Å²) in [6.07, 6.45) is -4.75. The first kappa shape index (κ1) is 13.3. The lowest BCUT2D eigenvalue weighted by molar-refractivity contribution is -0.138. The maximum Gasteiger partial charge on any atom is 0.417 e. The first-order chi connectivity index (χ1) is 7.81. The van der Waals surface area contributed by atoms with E-state index in [1.165, 1.54) is 0 Å². The molecular formula is C10H5ClF3NO2. The van der Waals surface area contributed by atoms with Crippen molar-refractivity contribution >= 4 is 17.6 Å². The number of rotatable bonds is 1. The van der Waals surface area contributed by atoms with Crippen LogP contribution < -0.4 is 0 Å². The molecule has 0 radical (unpaired) electrons.